The Bertz CT molecular complexity index is 2100. The highest BCUT2D eigenvalue weighted by Gasteiger charge is 2.42. The molecule has 0 aromatic carbocycles. The van der Waals surface area contributed by atoms with Crippen LogP contribution in [-0.4, -0.2) is 180 Å². The Balaban J connectivity index is -0.000000106. The third-order valence-corrected chi connectivity index (χ3v) is 55.9. The number of hydrogen-bond donors (Lipinski definition) is 0. The highest BCUT2D eigenvalue weighted by molar-refractivity contribution is 6.90. The standard InChI is InChI=1S/C19H42O4Si3.C18H40O4Si3.C16H36O4Si3.C15H34O4Si3.8CH4/c1-9-11-14-20-16-17-21-15-13-19-25(5,6)23-26(7,8)22-24(3,4)18-12-10-2;1-9-11-13-19-14-15-20-16-18-24(5,6)22-25(7,8)21-23(3,4)17-12-10-2;1-9-10-12-17-14-15-18-13-11-16-22(5,6)20-23(7,8)19-21(2,3)4;1-9-10-11-16-12-13-17-14-15-21(5,6)19-22(7,8)18-20(2,3)4;;;;;;;;/h9,11,14H,1,10,12-13,15-19H2,2-8H3;9,11,13H,1,10,12,14-18H2,2-8H3;9-10,12H,1,11,13-16H2,2-8H3;9-11H,1,12-15H2,2-8H3;8*1H4. The maximum absolute atomic E-state index is 6.60. The van der Waals surface area contributed by atoms with E-state index in [9.17, 15) is 0 Å². The molecule has 0 atom stereocenters. The maximum atomic E-state index is 6.60. The summed E-state index contributed by atoms with van der Waals surface area (Å²) in [5.74, 6) is 0. The molecule has 0 aliphatic heterocycles. The van der Waals surface area contributed by atoms with Gasteiger partial charge in [0.2, 0.25) is 0 Å². The van der Waals surface area contributed by atoms with Gasteiger partial charge in [0.25, 0.3) is 0 Å². The maximum Gasteiger partial charge on any atom is 0.311 e. The fourth-order valence-corrected chi connectivity index (χ4v) is 64.5. The van der Waals surface area contributed by atoms with Crippen molar-refractivity contribution in [3.8, 4) is 0 Å². The van der Waals surface area contributed by atoms with Gasteiger partial charge in [0.05, 0.1) is 51.5 Å². The van der Waals surface area contributed by atoms with Crippen LogP contribution in [0.2, 0.25) is 206 Å². The summed E-state index contributed by atoms with van der Waals surface area (Å²) >= 11 is 0. The minimum absolute atomic E-state index is 0. The number of unbranched alkanes of at least 4 members (excludes halogenated alkanes) is 2. The molecule has 0 radical (unpaired) electrons. The number of hydrogen-bond acceptors (Lipinski definition) is 16. The lowest BCUT2D eigenvalue weighted by Crippen LogP contribution is -2.52. The molecule has 0 fully saturated rings. The van der Waals surface area contributed by atoms with Crippen molar-refractivity contribution in [3.63, 3.8) is 0 Å². The van der Waals surface area contributed by atoms with E-state index in [0.29, 0.717) is 59.5 Å². The lowest BCUT2D eigenvalue weighted by Gasteiger charge is -2.38. The first-order chi connectivity index (χ1) is 44.0. The molecule has 0 unspecified atom stereocenters. The van der Waals surface area contributed by atoms with E-state index in [1.807, 2.05) is 0 Å². The van der Waals surface area contributed by atoms with E-state index in [1.54, 1.807) is 73.7 Å². The van der Waals surface area contributed by atoms with E-state index in [0.717, 1.165) is 56.8 Å². The van der Waals surface area contributed by atoms with Gasteiger partial charge in [-0.3, -0.25) is 0 Å². The summed E-state index contributed by atoms with van der Waals surface area (Å²) in [7, 11) is -21.5. The summed E-state index contributed by atoms with van der Waals surface area (Å²) in [6, 6.07) is 6.59. The zero-order chi connectivity index (χ0) is 74.8. The SMILES string of the molecule is C.C.C.C.C.C.C.C.C=CC=COCCOCCC[Si](C)(C)O[Si](C)(C)O[Si](C)(C)C.C=CC=COCCOCCC[Si](C)(C)O[Si](C)(C)O[Si](C)(C)CCCC.C=CC=COCCOCC[Si](C)(C)O[Si](C)(C)O[Si](C)(C)C.C=CC=COCCOCC[Si](C)(C)O[Si](C)(C)O[Si](C)(C)CCCC. The van der Waals surface area contributed by atoms with Crippen molar-refractivity contribution in [3.05, 3.63) is 100.0 Å². The summed E-state index contributed by atoms with van der Waals surface area (Å²) in [4.78, 5) is 0. The van der Waals surface area contributed by atoms with Gasteiger partial charge in [-0.05, 0) is 244 Å². The topological polar surface area (TPSA) is 148 Å². The smallest absolute Gasteiger partial charge is 0.311 e. The normalized spacial score (nSPS) is 12.4. The van der Waals surface area contributed by atoms with E-state index in [-0.39, 0.29) is 59.4 Å². The molecule has 0 bridgehead atoms. The molecule has 0 N–H and O–H groups in total. The van der Waals surface area contributed by atoms with Crippen molar-refractivity contribution in [1.82, 2.24) is 0 Å². The predicted octanol–water partition coefficient (Wildman–Crippen LogP) is 26.2. The van der Waals surface area contributed by atoms with Crippen LogP contribution in [0.15, 0.2) is 100.0 Å². The van der Waals surface area contributed by atoms with Crippen LogP contribution in [0.1, 0.15) is 112 Å². The first-order valence-corrected chi connectivity index (χ1v) is 72.3. The lowest BCUT2D eigenvalue weighted by molar-refractivity contribution is 0.0849. The zero-order valence-corrected chi connectivity index (χ0v) is 79.3. The van der Waals surface area contributed by atoms with Crippen molar-refractivity contribution >= 4 is 101 Å². The van der Waals surface area contributed by atoms with Gasteiger partial charge in [-0.1, -0.05) is 150 Å². The molecule has 0 aliphatic rings. The van der Waals surface area contributed by atoms with Crippen LogP contribution in [0.4, 0.5) is 0 Å². The van der Waals surface area contributed by atoms with Crippen LogP contribution >= 0.6 is 0 Å². The minimum atomic E-state index is -2.09. The number of rotatable bonds is 56. The largest absolute Gasteiger partial charge is 0.499 e. The molecule has 0 amide bonds. The van der Waals surface area contributed by atoms with Gasteiger partial charge in [-0.25, -0.2) is 0 Å². The third-order valence-electron chi connectivity index (χ3n) is 13.0. The van der Waals surface area contributed by atoms with E-state index in [4.69, 9.17) is 70.8 Å². The summed E-state index contributed by atoms with van der Waals surface area (Å²) < 4.78 is 95.2. The molecule has 0 rings (SSSR count). The highest BCUT2D eigenvalue weighted by atomic mass is 28.5. The molecule has 0 saturated heterocycles. The Morgan fingerprint density at radius 2 is 0.404 bits per heavy atom. The molecule has 0 aromatic heterocycles. The molecule has 0 aromatic rings. The molecule has 16 nitrogen and oxygen atoms in total. The van der Waals surface area contributed by atoms with Gasteiger partial charge in [0.15, 0.2) is 66.5 Å². The molecule has 0 aliphatic carbocycles. The average molecular weight is 1690 g/mol. The molecular weight excluding hydrogens is 1510 g/mol. The quantitative estimate of drug-likeness (QED) is 0.0246. The van der Waals surface area contributed by atoms with Gasteiger partial charge in [-0.15, -0.1) is 0 Å². The number of allylic oxidation sites excluding steroid dienone is 8. The van der Waals surface area contributed by atoms with Crippen LogP contribution in [-0.2, 0) is 70.8 Å². The Labute approximate surface area is 664 Å². The van der Waals surface area contributed by atoms with Crippen molar-refractivity contribution in [1.29, 1.82) is 0 Å². The second kappa shape index (κ2) is 69.0. The first kappa shape index (κ1) is 130. The van der Waals surface area contributed by atoms with Crippen LogP contribution in [0.5, 0.6) is 0 Å². The molecule has 0 heterocycles. The first-order valence-electron chi connectivity index (χ1n) is 35.5. The van der Waals surface area contributed by atoms with Gasteiger partial charge in [0, 0.05) is 26.4 Å². The Kier molecular flexibility index (Phi) is 86.0. The lowest BCUT2D eigenvalue weighted by atomic mass is 10.4. The highest BCUT2D eigenvalue weighted by Crippen LogP contribution is 2.29. The van der Waals surface area contributed by atoms with E-state index in [2.05, 4.69) is 210 Å². The van der Waals surface area contributed by atoms with Crippen molar-refractivity contribution in [2.75, 3.05) is 79.3 Å². The summed E-state index contributed by atoms with van der Waals surface area (Å²) in [6.45, 7) is 84.7. The monoisotopic (exact) mass is 1690 g/mol. The minimum Gasteiger partial charge on any atom is -0.499 e. The average Bonchev–Trinajstić information content (AvgIpc) is 0.865. The molecule has 28 heteroatoms. The zero-order valence-electron chi connectivity index (χ0n) is 67.3. The van der Waals surface area contributed by atoms with Crippen molar-refractivity contribution < 1.29 is 70.8 Å². The second-order valence-corrected chi connectivity index (χ2v) is 81.6. The van der Waals surface area contributed by atoms with Gasteiger partial charge < -0.3 is 70.8 Å². The van der Waals surface area contributed by atoms with E-state index >= 15 is 0 Å². The summed E-state index contributed by atoms with van der Waals surface area (Å²) in [5.41, 5.74) is 0. The van der Waals surface area contributed by atoms with Crippen molar-refractivity contribution in [2.45, 2.75) is 318 Å². The molecule has 0 spiro atoms. The van der Waals surface area contributed by atoms with Crippen molar-refractivity contribution in [2.24, 2.45) is 0 Å². The van der Waals surface area contributed by atoms with E-state index in [1.165, 1.54) is 37.8 Å². The molecule has 0 saturated carbocycles. The predicted molar refractivity (Wildman–Crippen MR) is 496 cm³/mol. The van der Waals surface area contributed by atoms with Crippen LogP contribution < -0.4 is 0 Å². The summed E-state index contributed by atoms with van der Waals surface area (Å²) in [5, 5.41) is 0. The Hall–Kier alpha value is -0.757. The molecule has 632 valence electrons. The molecular formula is C76H184O16Si12. The number of ether oxygens (including phenoxy) is 8. The van der Waals surface area contributed by atoms with Crippen LogP contribution in [0.25, 0.3) is 0 Å². The van der Waals surface area contributed by atoms with E-state index < -0.39 is 101 Å². The fraction of sp³-hybridized carbons (Fsp3) is 0.789. The fourth-order valence-electron chi connectivity index (χ4n) is 10.5. The van der Waals surface area contributed by atoms with Gasteiger partial charge in [0.1, 0.15) is 26.4 Å². The van der Waals surface area contributed by atoms with Crippen LogP contribution in [0.3, 0.4) is 0 Å². The second-order valence-electron chi connectivity index (χ2n) is 31.3. The van der Waals surface area contributed by atoms with Gasteiger partial charge >= 0.3 is 34.2 Å². The summed E-state index contributed by atoms with van der Waals surface area (Å²) in [6.07, 6.45) is 27.4. The molecule has 104 heavy (non-hydrogen) atoms. The van der Waals surface area contributed by atoms with Crippen LogP contribution in [0, 0.1) is 0 Å². The Morgan fingerprint density at radius 1 is 0.221 bits per heavy atom. The third kappa shape index (κ3) is 95.4. The Morgan fingerprint density at radius 3 is 0.596 bits per heavy atom. The van der Waals surface area contributed by atoms with Gasteiger partial charge in [-0.2, -0.15) is 0 Å².